The molecule has 0 spiro atoms. The fourth-order valence-corrected chi connectivity index (χ4v) is 3.14. The van der Waals surface area contributed by atoms with E-state index >= 15 is 0 Å². The molecule has 4 N–H and O–H groups in total. The summed E-state index contributed by atoms with van der Waals surface area (Å²) in [7, 11) is 0. The molecule has 0 radical (unpaired) electrons. The molecule has 0 aliphatic heterocycles. The molecular formula is C22H28N4O. The van der Waals surface area contributed by atoms with E-state index in [2.05, 4.69) is 41.3 Å². The minimum atomic E-state index is -0.205. The lowest BCUT2D eigenvalue weighted by atomic mass is 9.99. The third-order valence-corrected chi connectivity index (χ3v) is 4.90. The van der Waals surface area contributed by atoms with E-state index in [1.807, 2.05) is 37.3 Å². The fourth-order valence-electron chi connectivity index (χ4n) is 3.14. The molecule has 0 saturated carbocycles. The predicted octanol–water partition coefficient (Wildman–Crippen LogP) is 3.74. The number of aromatic nitrogens is 2. The molecule has 2 aromatic carbocycles. The van der Waals surface area contributed by atoms with Crippen molar-refractivity contribution < 1.29 is 4.79 Å². The van der Waals surface area contributed by atoms with Crippen LogP contribution in [-0.2, 0) is 11.2 Å². The van der Waals surface area contributed by atoms with Gasteiger partial charge < -0.3 is 16.0 Å². The Balaban J connectivity index is 1.49. The molecule has 5 heteroatoms. The number of benzene rings is 2. The van der Waals surface area contributed by atoms with Crippen LogP contribution in [0.2, 0.25) is 0 Å². The summed E-state index contributed by atoms with van der Waals surface area (Å²) in [6.07, 6.45) is 0.968. The molecule has 0 aliphatic carbocycles. The maximum absolute atomic E-state index is 12.2. The van der Waals surface area contributed by atoms with Gasteiger partial charge in [-0.3, -0.25) is 4.79 Å². The number of nitrogens with two attached hydrogens (primary N) is 1. The second kappa shape index (κ2) is 8.35. The molecular weight excluding hydrogens is 336 g/mol. The minimum absolute atomic E-state index is 0.0126. The first kappa shape index (κ1) is 19.1. The first-order valence-electron chi connectivity index (χ1n) is 9.50. The standard InChI is InChI=1S/C22H28N4O/c1-14(2)16-7-9-17(10-8-16)18(23)13-24-21(27)12-11-20-25-19-6-4-5-15(3)22(19)26-20/h4-10,14,18H,11-13,23H2,1-3H3,(H,24,27)(H,25,26). The van der Waals surface area contributed by atoms with Gasteiger partial charge in [-0.05, 0) is 35.6 Å². The number of nitrogens with zero attached hydrogens (tertiary/aromatic N) is 1. The molecule has 3 aromatic rings. The number of aryl methyl sites for hydroxylation is 2. The summed E-state index contributed by atoms with van der Waals surface area (Å²) in [5.74, 6) is 1.32. The highest BCUT2D eigenvalue weighted by atomic mass is 16.1. The highest BCUT2D eigenvalue weighted by molar-refractivity contribution is 5.79. The van der Waals surface area contributed by atoms with Crippen LogP contribution in [0.4, 0.5) is 0 Å². The van der Waals surface area contributed by atoms with Crippen molar-refractivity contribution in [3.63, 3.8) is 0 Å². The predicted molar refractivity (Wildman–Crippen MR) is 110 cm³/mol. The van der Waals surface area contributed by atoms with Crippen molar-refractivity contribution in [3.05, 3.63) is 65.0 Å². The average molecular weight is 364 g/mol. The number of fused-ring (bicyclic) bond motifs is 1. The number of imidazole rings is 1. The van der Waals surface area contributed by atoms with Crippen molar-refractivity contribution in [2.75, 3.05) is 6.54 Å². The first-order valence-corrected chi connectivity index (χ1v) is 9.50. The van der Waals surface area contributed by atoms with Gasteiger partial charge in [0.15, 0.2) is 0 Å². The number of carbonyl (C=O) groups is 1. The molecule has 1 heterocycles. The summed E-state index contributed by atoms with van der Waals surface area (Å²) >= 11 is 0. The molecule has 5 nitrogen and oxygen atoms in total. The maximum Gasteiger partial charge on any atom is 0.220 e. The first-order chi connectivity index (χ1) is 12.9. The molecule has 0 bridgehead atoms. The van der Waals surface area contributed by atoms with Crippen molar-refractivity contribution in [2.24, 2.45) is 5.73 Å². The van der Waals surface area contributed by atoms with Gasteiger partial charge in [0.25, 0.3) is 0 Å². The maximum atomic E-state index is 12.2. The van der Waals surface area contributed by atoms with Gasteiger partial charge in [-0.2, -0.15) is 0 Å². The number of hydrogen-bond donors (Lipinski definition) is 3. The van der Waals surface area contributed by atoms with Gasteiger partial charge in [0, 0.05) is 25.4 Å². The summed E-state index contributed by atoms with van der Waals surface area (Å²) in [4.78, 5) is 20.0. The largest absolute Gasteiger partial charge is 0.354 e. The SMILES string of the molecule is Cc1cccc2[nH]c(CCC(=O)NCC(N)c3ccc(C(C)C)cc3)nc12. The van der Waals surface area contributed by atoms with Crippen LogP contribution in [-0.4, -0.2) is 22.4 Å². The number of carbonyl (C=O) groups excluding carboxylic acids is 1. The van der Waals surface area contributed by atoms with Crippen LogP contribution < -0.4 is 11.1 Å². The molecule has 0 saturated heterocycles. The van der Waals surface area contributed by atoms with Gasteiger partial charge in [0.1, 0.15) is 5.82 Å². The molecule has 1 amide bonds. The second-order valence-corrected chi connectivity index (χ2v) is 7.39. The smallest absolute Gasteiger partial charge is 0.220 e. The van der Waals surface area contributed by atoms with E-state index in [0.29, 0.717) is 25.3 Å². The van der Waals surface area contributed by atoms with Gasteiger partial charge in [-0.15, -0.1) is 0 Å². The third-order valence-electron chi connectivity index (χ3n) is 4.90. The number of para-hydroxylation sites is 1. The second-order valence-electron chi connectivity index (χ2n) is 7.39. The summed E-state index contributed by atoms with van der Waals surface area (Å²) in [5, 5.41) is 2.93. The Morgan fingerprint density at radius 3 is 2.52 bits per heavy atom. The molecule has 1 unspecified atom stereocenters. The third kappa shape index (κ3) is 4.74. The Bertz CT molecular complexity index is 912. The van der Waals surface area contributed by atoms with Crippen LogP contribution in [0, 0.1) is 6.92 Å². The quantitative estimate of drug-likeness (QED) is 0.597. The van der Waals surface area contributed by atoms with Gasteiger partial charge in [0.2, 0.25) is 5.91 Å². The van der Waals surface area contributed by atoms with E-state index in [-0.39, 0.29) is 11.9 Å². The van der Waals surface area contributed by atoms with E-state index < -0.39 is 0 Å². The van der Waals surface area contributed by atoms with Crippen molar-refractivity contribution >= 4 is 16.9 Å². The van der Waals surface area contributed by atoms with Crippen LogP contribution in [0.5, 0.6) is 0 Å². The Hall–Kier alpha value is -2.66. The lowest BCUT2D eigenvalue weighted by molar-refractivity contribution is -0.121. The van der Waals surface area contributed by atoms with E-state index in [1.54, 1.807) is 0 Å². The molecule has 0 fully saturated rings. The number of rotatable bonds is 7. The summed E-state index contributed by atoms with van der Waals surface area (Å²) in [6, 6.07) is 14.1. The zero-order valence-electron chi connectivity index (χ0n) is 16.3. The van der Waals surface area contributed by atoms with Crippen LogP contribution in [0.15, 0.2) is 42.5 Å². The Morgan fingerprint density at radius 2 is 1.85 bits per heavy atom. The highest BCUT2D eigenvalue weighted by Crippen LogP contribution is 2.18. The van der Waals surface area contributed by atoms with E-state index in [1.165, 1.54) is 5.56 Å². The summed E-state index contributed by atoms with van der Waals surface area (Å²) in [5.41, 5.74) is 11.7. The van der Waals surface area contributed by atoms with Crippen LogP contribution >= 0.6 is 0 Å². The normalized spacial score (nSPS) is 12.5. The highest BCUT2D eigenvalue weighted by Gasteiger charge is 2.11. The summed E-state index contributed by atoms with van der Waals surface area (Å²) in [6.45, 7) is 6.80. The molecule has 0 aliphatic rings. The minimum Gasteiger partial charge on any atom is -0.354 e. The lowest BCUT2D eigenvalue weighted by Gasteiger charge is -2.14. The van der Waals surface area contributed by atoms with Crippen molar-refractivity contribution in [2.45, 2.75) is 45.6 Å². The molecule has 27 heavy (non-hydrogen) atoms. The van der Waals surface area contributed by atoms with E-state index in [4.69, 9.17) is 5.73 Å². The number of hydrogen-bond acceptors (Lipinski definition) is 3. The Morgan fingerprint density at radius 1 is 1.15 bits per heavy atom. The Labute approximate surface area is 160 Å². The summed E-state index contributed by atoms with van der Waals surface area (Å²) < 4.78 is 0. The fraction of sp³-hybridized carbons (Fsp3) is 0.364. The molecule has 1 atom stereocenters. The molecule has 3 rings (SSSR count). The number of nitrogens with one attached hydrogen (secondary N) is 2. The zero-order chi connectivity index (χ0) is 19.4. The number of H-pyrrole nitrogens is 1. The van der Waals surface area contributed by atoms with E-state index in [0.717, 1.165) is 28.0 Å². The van der Waals surface area contributed by atoms with Crippen LogP contribution in [0.1, 0.15) is 54.7 Å². The zero-order valence-corrected chi connectivity index (χ0v) is 16.3. The van der Waals surface area contributed by atoms with Crippen LogP contribution in [0.3, 0.4) is 0 Å². The van der Waals surface area contributed by atoms with Gasteiger partial charge in [-0.1, -0.05) is 50.2 Å². The molecule has 142 valence electrons. The number of amides is 1. The Kier molecular flexibility index (Phi) is 5.91. The van der Waals surface area contributed by atoms with Gasteiger partial charge in [-0.25, -0.2) is 4.98 Å². The average Bonchev–Trinajstić information content (AvgIpc) is 3.09. The topological polar surface area (TPSA) is 83.8 Å². The van der Waals surface area contributed by atoms with Crippen molar-refractivity contribution in [1.82, 2.24) is 15.3 Å². The number of aromatic amines is 1. The molecule has 1 aromatic heterocycles. The van der Waals surface area contributed by atoms with Crippen molar-refractivity contribution in [3.8, 4) is 0 Å². The monoisotopic (exact) mass is 364 g/mol. The van der Waals surface area contributed by atoms with Crippen LogP contribution in [0.25, 0.3) is 11.0 Å². The van der Waals surface area contributed by atoms with Gasteiger partial charge >= 0.3 is 0 Å². The van der Waals surface area contributed by atoms with Crippen molar-refractivity contribution in [1.29, 1.82) is 0 Å². The lowest BCUT2D eigenvalue weighted by Crippen LogP contribution is -2.32. The van der Waals surface area contributed by atoms with Gasteiger partial charge in [0.05, 0.1) is 11.0 Å². The van der Waals surface area contributed by atoms with E-state index in [9.17, 15) is 4.79 Å².